The number of benzene rings is 1. The van der Waals surface area contributed by atoms with Gasteiger partial charge >= 0.3 is 5.97 Å². The lowest BCUT2D eigenvalue weighted by molar-refractivity contribution is -0.145. The molecule has 2 fully saturated rings. The van der Waals surface area contributed by atoms with Crippen molar-refractivity contribution >= 4 is 29.4 Å². The quantitative estimate of drug-likeness (QED) is 0.730. The van der Waals surface area contributed by atoms with Crippen molar-refractivity contribution in [3.63, 3.8) is 0 Å². The van der Waals surface area contributed by atoms with Crippen LogP contribution in [-0.2, 0) is 25.6 Å². The van der Waals surface area contributed by atoms with Gasteiger partial charge in [0.05, 0.1) is 13.0 Å². The molecule has 0 radical (unpaired) electrons. The van der Waals surface area contributed by atoms with Crippen molar-refractivity contribution in [1.29, 1.82) is 0 Å². The maximum absolute atomic E-state index is 12.5. The Kier molecular flexibility index (Phi) is 4.69. The van der Waals surface area contributed by atoms with E-state index in [1.54, 1.807) is 24.3 Å². The molecular formula is C17H19N3O5. The van der Waals surface area contributed by atoms with Crippen LogP contribution in [0.2, 0.25) is 0 Å². The van der Waals surface area contributed by atoms with Gasteiger partial charge in [-0.3, -0.25) is 24.5 Å². The highest BCUT2D eigenvalue weighted by molar-refractivity contribution is 6.02. The van der Waals surface area contributed by atoms with Crippen LogP contribution < -0.4 is 10.2 Å². The van der Waals surface area contributed by atoms with Crippen LogP contribution in [-0.4, -0.2) is 59.4 Å². The van der Waals surface area contributed by atoms with Gasteiger partial charge < -0.3 is 14.9 Å². The van der Waals surface area contributed by atoms with Crippen molar-refractivity contribution in [2.75, 3.05) is 24.5 Å². The van der Waals surface area contributed by atoms with Gasteiger partial charge in [0.2, 0.25) is 17.7 Å². The molecular weight excluding hydrogens is 326 g/mol. The number of nitrogens with one attached hydrogen (secondary N) is 1. The number of imide groups is 1. The highest BCUT2D eigenvalue weighted by atomic mass is 16.4. The van der Waals surface area contributed by atoms with Crippen LogP contribution in [0.3, 0.4) is 0 Å². The van der Waals surface area contributed by atoms with Gasteiger partial charge in [-0.25, -0.2) is 0 Å². The fraction of sp³-hybridized carbons (Fsp3) is 0.412. The standard InChI is InChI=1S/C17H19N3O5/c21-14-6-5-13(17(25)18-14)20-8-7-19(10-15(20)22)12-3-1-11(2-4-12)9-16(23)24/h1-4,13H,5-10H2,(H,23,24)(H,18,21,25). The van der Waals surface area contributed by atoms with Gasteiger partial charge in [0, 0.05) is 25.2 Å². The topological polar surface area (TPSA) is 107 Å². The molecule has 0 bridgehead atoms. The van der Waals surface area contributed by atoms with Gasteiger partial charge in [0.15, 0.2) is 0 Å². The van der Waals surface area contributed by atoms with E-state index >= 15 is 0 Å². The number of aliphatic carboxylic acids is 1. The smallest absolute Gasteiger partial charge is 0.307 e. The third-order valence-electron chi connectivity index (χ3n) is 4.50. The van der Waals surface area contributed by atoms with Crippen molar-refractivity contribution in [1.82, 2.24) is 10.2 Å². The molecule has 2 heterocycles. The molecule has 2 N–H and O–H groups in total. The van der Waals surface area contributed by atoms with Crippen molar-refractivity contribution < 1.29 is 24.3 Å². The lowest BCUT2D eigenvalue weighted by atomic mass is 10.0. The summed E-state index contributed by atoms with van der Waals surface area (Å²) in [6, 6.07) is 6.49. The highest BCUT2D eigenvalue weighted by Crippen LogP contribution is 2.21. The van der Waals surface area contributed by atoms with E-state index in [0.29, 0.717) is 25.1 Å². The Morgan fingerprint density at radius 2 is 1.88 bits per heavy atom. The zero-order valence-electron chi connectivity index (χ0n) is 13.6. The molecule has 3 rings (SSSR count). The summed E-state index contributed by atoms with van der Waals surface area (Å²) in [6.07, 6.45) is 0.567. The lowest BCUT2D eigenvalue weighted by Crippen LogP contribution is -2.60. The summed E-state index contributed by atoms with van der Waals surface area (Å²) in [4.78, 5) is 49.8. The van der Waals surface area contributed by atoms with Crippen LogP contribution in [0, 0.1) is 0 Å². The van der Waals surface area contributed by atoms with Crippen molar-refractivity contribution in [3.05, 3.63) is 29.8 Å². The van der Waals surface area contributed by atoms with Crippen LogP contribution in [0.15, 0.2) is 24.3 Å². The molecule has 0 aliphatic carbocycles. The normalized spacial score (nSPS) is 21.3. The van der Waals surface area contributed by atoms with E-state index < -0.39 is 17.9 Å². The monoisotopic (exact) mass is 345 g/mol. The first-order valence-electron chi connectivity index (χ1n) is 8.13. The fourth-order valence-electron chi connectivity index (χ4n) is 3.22. The zero-order valence-corrected chi connectivity index (χ0v) is 13.6. The summed E-state index contributed by atoms with van der Waals surface area (Å²) in [5, 5.41) is 11.1. The largest absolute Gasteiger partial charge is 0.481 e. The van der Waals surface area contributed by atoms with E-state index in [1.165, 1.54) is 4.90 Å². The van der Waals surface area contributed by atoms with Crippen LogP contribution >= 0.6 is 0 Å². The number of hydrogen-bond acceptors (Lipinski definition) is 5. The first-order valence-corrected chi connectivity index (χ1v) is 8.13. The minimum atomic E-state index is -0.888. The Hall–Kier alpha value is -2.90. The summed E-state index contributed by atoms with van der Waals surface area (Å²) in [5.41, 5.74) is 1.54. The number of carboxylic acid groups (broad SMARTS) is 1. The predicted octanol–water partition coefficient (Wildman–Crippen LogP) is -0.232. The lowest BCUT2D eigenvalue weighted by Gasteiger charge is -2.40. The molecule has 25 heavy (non-hydrogen) atoms. The maximum atomic E-state index is 12.5. The van der Waals surface area contributed by atoms with E-state index in [-0.39, 0.29) is 31.2 Å². The van der Waals surface area contributed by atoms with Crippen LogP contribution in [0.25, 0.3) is 0 Å². The van der Waals surface area contributed by atoms with E-state index in [4.69, 9.17) is 5.11 Å². The molecule has 132 valence electrons. The highest BCUT2D eigenvalue weighted by Gasteiger charge is 2.36. The molecule has 1 atom stereocenters. The molecule has 1 unspecified atom stereocenters. The number of hydrogen-bond donors (Lipinski definition) is 2. The molecule has 0 spiro atoms. The molecule has 1 aromatic carbocycles. The summed E-state index contributed by atoms with van der Waals surface area (Å²) in [5.74, 6) is -1.75. The van der Waals surface area contributed by atoms with Gasteiger partial charge in [0.25, 0.3) is 0 Å². The van der Waals surface area contributed by atoms with Crippen LogP contribution in [0.4, 0.5) is 5.69 Å². The van der Waals surface area contributed by atoms with Crippen LogP contribution in [0.5, 0.6) is 0 Å². The van der Waals surface area contributed by atoms with Gasteiger partial charge in [0.1, 0.15) is 6.04 Å². The molecule has 0 saturated carbocycles. The zero-order chi connectivity index (χ0) is 18.0. The average Bonchev–Trinajstić information content (AvgIpc) is 2.56. The Morgan fingerprint density at radius 1 is 1.16 bits per heavy atom. The van der Waals surface area contributed by atoms with E-state index in [1.807, 2.05) is 4.90 Å². The second-order valence-electron chi connectivity index (χ2n) is 6.21. The number of carboxylic acids is 1. The van der Waals surface area contributed by atoms with Crippen molar-refractivity contribution in [2.24, 2.45) is 0 Å². The minimum Gasteiger partial charge on any atom is -0.481 e. The number of nitrogens with zero attached hydrogens (tertiary/aromatic N) is 2. The second-order valence-corrected chi connectivity index (χ2v) is 6.21. The molecule has 2 saturated heterocycles. The van der Waals surface area contributed by atoms with Gasteiger partial charge in [-0.15, -0.1) is 0 Å². The van der Waals surface area contributed by atoms with Gasteiger partial charge in [-0.1, -0.05) is 12.1 Å². The minimum absolute atomic E-state index is 0.0392. The average molecular weight is 345 g/mol. The Bertz CT molecular complexity index is 715. The summed E-state index contributed by atoms with van der Waals surface area (Å²) in [6.45, 7) is 1.12. The Morgan fingerprint density at radius 3 is 2.48 bits per heavy atom. The fourth-order valence-corrected chi connectivity index (χ4v) is 3.22. The number of carbonyl (C=O) groups excluding carboxylic acids is 3. The van der Waals surface area contributed by atoms with Gasteiger partial charge in [-0.05, 0) is 24.1 Å². The molecule has 0 aromatic heterocycles. The van der Waals surface area contributed by atoms with Crippen molar-refractivity contribution in [2.45, 2.75) is 25.3 Å². The first-order chi connectivity index (χ1) is 11.9. The maximum Gasteiger partial charge on any atom is 0.307 e. The number of rotatable bonds is 4. The number of carbonyl (C=O) groups is 4. The number of piperazine rings is 1. The molecule has 2 aliphatic heterocycles. The van der Waals surface area contributed by atoms with E-state index in [0.717, 1.165) is 5.69 Å². The Balaban J connectivity index is 1.63. The molecule has 1 aromatic rings. The van der Waals surface area contributed by atoms with Gasteiger partial charge in [-0.2, -0.15) is 0 Å². The van der Waals surface area contributed by atoms with Crippen molar-refractivity contribution in [3.8, 4) is 0 Å². The first kappa shape index (κ1) is 16.9. The summed E-state index contributed by atoms with van der Waals surface area (Å²) < 4.78 is 0. The molecule has 8 nitrogen and oxygen atoms in total. The second kappa shape index (κ2) is 6.92. The van der Waals surface area contributed by atoms with Crippen LogP contribution in [0.1, 0.15) is 18.4 Å². The summed E-state index contributed by atoms with van der Waals surface area (Å²) >= 11 is 0. The SMILES string of the molecule is O=C(O)Cc1ccc(N2CCN(C3CCC(=O)NC3=O)C(=O)C2)cc1. The number of piperidine rings is 1. The molecule has 8 heteroatoms. The summed E-state index contributed by atoms with van der Waals surface area (Å²) in [7, 11) is 0. The number of amides is 3. The third-order valence-corrected chi connectivity index (χ3v) is 4.50. The third kappa shape index (κ3) is 3.78. The van der Waals surface area contributed by atoms with E-state index in [9.17, 15) is 19.2 Å². The Labute approximate surface area is 144 Å². The predicted molar refractivity (Wildman–Crippen MR) is 87.9 cm³/mol. The van der Waals surface area contributed by atoms with E-state index in [2.05, 4.69) is 5.32 Å². The number of anilines is 1. The molecule has 2 aliphatic rings. The molecule has 3 amide bonds.